The number of carbonyl (C=O) groups is 2. The van der Waals surface area contributed by atoms with Crippen LogP contribution in [0.5, 0.6) is 0 Å². The first-order chi connectivity index (χ1) is 18.2. The van der Waals surface area contributed by atoms with Gasteiger partial charge >= 0.3 is 11.9 Å². The summed E-state index contributed by atoms with van der Waals surface area (Å²) in [4.78, 5) is 25.7. The van der Waals surface area contributed by atoms with Gasteiger partial charge in [-0.1, -0.05) is 129 Å². The fourth-order valence-electron chi connectivity index (χ4n) is 5.75. The Labute approximate surface area is 228 Å². The minimum atomic E-state index is -0.484. The lowest BCUT2D eigenvalue weighted by molar-refractivity contribution is -0.162. The van der Waals surface area contributed by atoms with Gasteiger partial charge < -0.3 is 14.2 Å². The van der Waals surface area contributed by atoms with E-state index in [1.54, 1.807) is 0 Å². The molecule has 2 aliphatic rings. The van der Waals surface area contributed by atoms with Crippen molar-refractivity contribution in [3.63, 3.8) is 0 Å². The molecule has 1 aliphatic heterocycles. The number of hydrogen-bond donors (Lipinski definition) is 0. The highest BCUT2D eigenvalue weighted by atomic mass is 16.6. The van der Waals surface area contributed by atoms with E-state index in [9.17, 15) is 9.59 Å². The van der Waals surface area contributed by atoms with Crippen LogP contribution in [-0.2, 0) is 23.8 Å². The molecule has 0 amide bonds. The molecule has 1 saturated heterocycles. The molecule has 0 radical (unpaired) electrons. The van der Waals surface area contributed by atoms with E-state index in [1.807, 2.05) is 0 Å². The molecule has 5 heteroatoms. The molecule has 5 nitrogen and oxygen atoms in total. The summed E-state index contributed by atoms with van der Waals surface area (Å²) in [6.07, 6.45) is 26.5. The van der Waals surface area contributed by atoms with E-state index in [-0.39, 0.29) is 24.1 Å². The Kier molecular flexibility index (Phi) is 18.1. The van der Waals surface area contributed by atoms with Crippen LogP contribution in [0, 0.1) is 11.8 Å². The van der Waals surface area contributed by atoms with Gasteiger partial charge in [-0.25, -0.2) is 0 Å². The van der Waals surface area contributed by atoms with E-state index in [1.165, 1.54) is 103 Å². The number of epoxide rings is 1. The van der Waals surface area contributed by atoms with E-state index in [0.717, 1.165) is 32.1 Å². The number of ether oxygens (including phenoxy) is 3. The van der Waals surface area contributed by atoms with Gasteiger partial charge in [-0.15, -0.1) is 0 Å². The van der Waals surface area contributed by atoms with Crippen LogP contribution in [0.3, 0.4) is 0 Å². The van der Waals surface area contributed by atoms with Crippen molar-refractivity contribution in [3.8, 4) is 0 Å². The predicted octanol–water partition coefficient (Wildman–Crippen LogP) is 8.71. The normalized spacial score (nSPS) is 22.4. The van der Waals surface area contributed by atoms with Crippen molar-refractivity contribution in [1.82, 2.24) is 0 Å². The summed E-state index contributed by atoms with van der Waals surface area (Å²) in [5.41, 5.74) is 0. The lowest BCUT2D eigenvalue weighted by Gasteiger charge is -2.25. The number of fused-ring (bicyclic) bond motifs is 1. The molecule has 0 bridgehead atoms. The van der Waals surface area contributed by atoms with Gasteiger partial charge in [0.15, 0.2) is 0 Å². The number of carbonyl (C=O) groups excluding carboxylic acids is 2. The minimum absolute atomic E-state index is 0.126. The van der Waals surface area contributed by atoms with Gasteiger partial charge in [0, 0.05) is 0 Å². The van der Waals surface area contributed by atoms with E-state index in [2.05, 4.69) is 13.8 Å². The van der Waals surface area contributed by atoms with Crippen LogP contribution in [0.2, 0.25) is 0 Å². The maximum absolute atomic E-state index is 12.9. The molecule has 2 rings (SSSR count). The number of esters is 2. The Bertz CT molecular complexity index is 592. The fourth-order valence-corrected chi connectivity index (χ4v) is 5.75. The van der Waals surface area contributed by atoms with Gasteiger partial charge in [-0.05, 0) is 25.7 Å². The highest BCUT2D eigenvalue weighted by molar-refractivity contribution is 5.83. The quantitative estimate of drug-likeness (QED) is 0.0720. The predicted molar refractivity (Wildman–Crippen MR) is 150 cm³/mol. The molecule has 0 N–H and O–H groups in total. The van der Waals surface area contributed by atoms with Gasteiger partial charge in [0.2, 0.25) is 0 Å². The summed E-state index contributed by atoms with van der Waals surface area (Å²) >= 11 is 0. The van der Waals surface area contributed by atoms with Gasteiger partial charge in [-0.2, -0.15) is 0 Å². The summed E-state index contributed by atoms with van der Waals surface area (Å²) in [5.74, 6) is -1.39. The Hall–Kier alpha value is -1.10. The van der Waals surface area contributed by atoms with Crippen LogP contribution >= 0.6 is 0 Å². The van der Waals surface area contributed by atoms with Crippen molar-refractivity contribution in [3.05, 3.63) is 0 Å². The number of unbranched alkanes of at least 4 members (excludes halogenated alkanes) is 18. The zero-order chi connectivity index (χ0) is 26.6. The zero-order valence-electron chi connectivity index (χ0n) is 24.3. The first kappa shape index (κ1) is 32.1. The maximum Gasteiger partial charge on any atom is 0.312 e. The highest BCUT2D eigenvalue weighted by Gasteiger charge is 2.57. The zero-order valence-corrected chi connectivity index (χ0v) is 24.3. The van der Waals surface area contributed by atoms with Crippen LogP contribution in [0.15, 0.2) is 0 Å². The molecule has 4 atom stereocenters. The SMILES string of the molecule is CCCCCCCCCCCCOC(=O)C1CCC2OC2C1C(=O)OCCCCCCCCCCCC. The van der Waals surface area contributed by atoms with Crippen LogP contribution in [0.4, 0.5) is 0 Å². The Morgan fingerprint density at radius 2 is 0.973 bits per heavy atom. The van der Waals surface area contributed by atoms with Crippen molar-refractivity contribution in [1.29, 1.82) is 0 Å². The molecular formula is C32H58O5. The Morgan fingerprint density at radius 3 is 1.43 bits per heavy atom. The molecular weight excluding hydrogens is 464 g/mol. The van der Waals surface area contributed by atoms with Crippen molar-refractivity contribution in [2.24, 2.45) is 11.8 Å². The van der Waals surface area contributed by atoms with E-state index >= 15 is 0 Å². The standard InChI is InChI=1S/C32H58O5/c1-3-5-7-9-11-13-15-17-19-21-25-35-31(33)27-23-24-28-30(37-28)29(27)32(34)36-26-22-20-18-16-14-12-10-8-6-4-2/h27-30H,3-26H2,1-2H3. The van der Waals surface area contributed by atoms with Crippen molar-refractivity contribution >= 4 is 11.9 Å². The lowest BCUT2D eigenvalue weighted by atomic mass is 9.79. The van der Waals surface area contributed by atoms with Crippen LogP contribution in [-0.4, -0.2) is 37.4 Å². The monoisotopic (exact) mass is 522 g/mol. The third kappa shape index (κ3) is 14.0. The number of hydrogen-bond acceptors (Lipinski definition) is 5. The third-order valence-corrected chi connectivity index (χ3v) is 8.23. The van der Waals surface area contributed by atoms with Crippen LogP contribution in [0.1, 0.15) is 155 Å². The second kappa shape index (κ2) is 20.8. The van der Waals surface area contributed by atoms with Crippen LogP contribution < -0.4 is 0 Å². The molecule has 4 unspecified atom stereocenters. The summed E-state index contributed by atoms with van der Waals surface area (Å²) in [5, 5.41) is 0. The first-order valence-electron chi connectivity index (χ1n) is 16.2. The average molecular weight is 523 g/mol. The second-order valence-electron chi connectivity index (χ2n) is 11.5. The molecule has 0 aromatic heterocycles. The van der Waals surface area contributed by atoms with Crippen molar-refractivity contribution < 1.29 is 23.8 Å². The molecule has 216 valence electrons. The summed E-state index contributed by atoms with van der Waals surface area (Å²) in [7, 11) is 0. The molecule has 37 heavy (non-hydrogen) atoms. The van der Waals surface area contributed by atoms with E-state index in [0.29, 0.717) is 19.6 Å². The molecule has 0 spiro atoms. The van der Waals surface area contributed by atoms with Gasteiger partial charge in [0.1, 0.15) is 0 Å². The fraction of sp³-hybridized carbons (Fsp3) is 0.938. The topological polar surface area (TPSA) is 65.1 Å². The van der Waals surface area contributed by atoms with Gasteiger partial charge in [-0.3, -0.25) is 9.59 Å². The van der Waals surface area contributed by atoms with E-state index < -0.39 is 11.8 Å². The second-order valence-corrected chi connectivity index (χ2v) is 11.5. The lowest BCUT2D eigenvalue weighted by Crippen LogP contribution is -2.39. The maximum atomic E-state index is 12.9. The van der Waals surface area contributed by atoms with Gasteiger partial charge in [0.25, 0.3) is 0 Å². The first-order valence-corrected chi connectivity index (χ1v) is 16.2. The van der Waals surface area contributed by atoms with Crippen LogP contribution in [0.25, 0.3) is 0 Å². The largest absolute Gasteiger partial charge is 0.465 e. The summed E-state index contributed by atoms with van der Waals surface area (Å²) in [6, 6.07) is 0. The molecule has 1 saturated carbocycles. The molecule has 2 fully saturated rings. The van der Waals surface area contributed by atoms with Crippen molar-refractivity contribution in [2.45, 2.75) is 167 Å². The molecule has 1 aliphatic carbocycles. The highest BCUT2D eigenvalue weighted by Crippen LogP contribution is 2.45. The molecule has 0 aromatic carbocycles. The Morgan fingerprint density at radius 1 is 0.568 bits per heavy atom. The van der Waals surface area contributed by atoms with Gasteiger partial charge in [0.05, 0.1) is 37.3 Å². The average Bonchev–Trinajstić information content (AvgIpc) is 3.69. The molecule has 0 aromatic rings. The Balaban J connectivity index is 1.52. The number of rotatable bonds is 24. The molecule has 1 heterocycles. The van der Waals surface area contributed by atoms with E-state index in [4.69, 9.17) is 14.2 Å². The van der Waals surface area contributed by atoms with Crippen molar-refractivity contribution in [2.75, 3.05) is 13.2 Å². The summed E-state index contributed by atoms with van der Waals surface area (Å²) in [6.45, 7) is 5.41. The third-order valence-electron chi connectivity index (χ3n) is 8.23. The summed E-state index contributed by atoms with van der Waals surface area (Å²) < 4.78 is 16.9. The minimum Gasteiger partial charge on any atom is -0.465 e. The smallest absolute Gasteiger partial charge is 0.312 e.